The third-order valence-electron chi connectivity index (χ3n) is 3.67. The Labute approximate surface area is 131 Å². The number of hydrogen-bond acceptors (Lipinski definition) is 3. The smallest absolute Gasteiger partial charge is 0.344 e. The highest BCUT2D eigenvalue weighted by atomic mass is 19.1. The first-order valence-electron chi connectivity index (χ1n) is 7.06. The van der Waals surface area contributed by atoms with Gasteiger partial charge in [0.05, 0.1) is 5.39 Å². The van der Waals surface area contributed by atoms with E-state index in [1.807, 2.05) is 32.0 Å². The standard InChI is InChI=1S/C18H14FNO3/c1-10-4-3-5-11(2)16(10)20-17(21)15-9-12-8-13(19)6-7-14(12)18(22)23-15/h3-9H,1-2H3,(H,20,21). The Morgan fingerprint density at radius 2 is 1.78 bits per heavy atom. The van der Waals surface area contributed by atoms with Crippen LogP contribution in [-0.4, -0.2) is 5.91 Å². The van der Waals surface area contributed by atoms with Crippen molar-refractivity contribution in [3.05, 3.63) is 75.6 Å². The maximum atomic E-state index is 13.3. The summed E-state index contributed by atoms with van der Waals surface area (Å²) in [6, 6.07) is 10.7. The van der Waals surface area contributed by atoms with Crippen LogP contribution in [0.25, 0.3) is 10.8 Å². The van der Waals surface area contributed by atoms with Crippen LogP contribution in [-0.2, 0) is 0 Å². The van der Waals surface area contributed by atoms with Crippen LogP contribution >= 0.6 is 0 Å². The molecule has 0 aliphatic carbocycles. The fraction of sp³-hybridized carbons (Fsp3) is 0.111. The van der Waals surface area contributed by atoms with Gasteiger partial charge in [0.1, 0.15) is 5.82 Å². The van der Waals surface area contributed by atoms with Crippen LogP contribution in [0.1, 0.15) is 21.7 Å². The van der Waals surface area contributed by atoms with Crippen molar-refractivity contribution in [3.63, 3.8) is 0 Å². The number of halogens is 1. The van der Waals surface area contributed by atoms with Gasteiger partial charge in [-0.2, -0.15) is 0 Å². The van der Waals surface area contributed by atoms with Crippen LogP contribution in [0.3, 0.4) is 0 Å². The van der Waals surface area contributed by atoms with Crippen LogP contribution in [0.2, 0.25) is 0 Å². The largest absolute Gasteiger partial charge is 0.417 e. The van der Waals surface area contributed by atoms with Gasteiger partial charge in [0, 0.05) is 5.69 Å². The van der Waals surface area contributed by atoms with Crippen molar-refractivity contribution in [2.75, 3.05) is 5.32 Å². The first-order valence-corrected chi connectivity index (χ1v) is 7.06. The molecule has 23 heavy (non-hydrogen) atoms. The molecule has 5 heteroatoms. The van der Waals surface area contributed by atoms with Crippen LogP contribution < -0.4 is 10.9 Å². The number of anilines is 1. The van der Waals surface area contributed by atoms with Gasteiger partial charge in [-0.05, 0) is 54.6 Å². The van der Waals surface area contributed by atoms with Gasteiger partial charge < -0.3 is 9.73 Å². The molecule has 0 unspecified atom stereocenters. The second-order valence-electron chi connectivity index (χ2n) is 5.35. The molecular weight excluding hydrogens is 297 g/mol. The van der Waals surface area contributed by atoms with Gasteiger partial charge in [0.25, 0.3) is 5.91 Å². The monoisotopic (exact) mass is 311 g/mol. The predicted molar refractivity (Wildman–Crippen MR) is 86.3 cm³/mol. The van der Waals surface area contributed by atoms with E-state index in [9.17, 15) is 14.0 Å². The number of carbonyl (C=O) groups excluding carboxylic acids is 1. The Hall–Kier alpha value is -2.95. The van der Waals surface area contributed by atoms with Crippen molar-refractivity contribution in [2.45, 2.75) is 13.8 Å². The molecule has 0 spiro atoms. The number of hydrogen-bond donors (Lipinski definition) is 1. The average molecular weight is 311 g/mol. The Kier molecular flexibility index (Phi) is 3.70. The molecule has 0 fully saturated rings. The van der Waals surface area contributed by atoms with Crippen LogP contribution in [0.15, 0.2) is 51.7 Å². The minimum absolute atomic E-state index is 0.157. The summed E-state index contributed by atoms with van der Waals surface area (Å²) in [5.74, 6) is -1.19. The molecule has 1 amide bonds. The van der Waals surface area contributed by atoms with Gasteiger partial charge >= 0.3 is 5.63 Å². The SMILES string of the molecule is Cc1cccc(C)c1NC(=O)c1cc2cc(F)ccc2c(=O)o1. The summed E-state index contributed by atoms with van der Waals surface area (Å²) < 4.78 is 18.4. The summed E-state index contributed by atoms with van der Waals surface area (Å²) in [7, 11) is 0. The lowest BCUT2D eigenvalue weighted by molar-refractivity contribution is 0.0993. The van der Waals surface area contributed by atoms with Crippen molar-refractivity contribution in [3.8, 4) is 0 Å². The summed E-state index contributed by atoms with van der Waals surface area (Å²) >= 11 is 0. The lowest BCUT2D eigenvalue weighted by Crippen LogP contribution is -2.16. The Balaban J connectivity index is 2.03. The zero-order valence-corrected chi connectivity index (χ0v) is 12.6. The van der Waals surface area contributed by atoms with Crippen LogP contribution in [0.5, 0.6) is 0 Å². The number of nitrogens with one attached hydrogen (secondary N) is 1. The van der Waals surface area contributed by atoms with E-state index in [-0.39, 0.29) is 11.1 Å². The Morgan fingerprint density at radius 1 is 1.09 bits per heavy atom. The minimum Gasteiger partial charge on any atom is -0.417 e. The van der Waals surface area contributed by atoms with Gasteiger partial charge in [-0.25, -0.2) is 9.18 Å². The normalized spacial score (nSPS) is 10.7. The van der Waals surface area contributed by atoms with E-state index in [0.29, 0.717) is 11.1 Å². The van der Waals surface area contributed by atoms with Crippen LogP contribution in [0, 0.1) is 19.7 Å². The number of amides is 1. The van der Waals surface area contributed by atoms with Crippen molar-refractivity contribution < 1.29 is 13.6 Å². The highest BCUT2D eigenvalue weighted by Gasteiger charge is 2.14. The molecule has 3 aromatic rings. The van der Waals surface area contributed by atoms with Crippen LogP contribution in [0.4, 0.5) is 10.1 Å². The number of benzene rings is 2. The van der Waals surface area contributed by atoms with Gasteiger partial charge in [0.2, 0.25) is 0 Å². The first-order chi connectivity index (χ1) is 11.0. The van der Waals surface area contributed by atoms with Gasteiger partial charge in [-0.1, -0.05) is 18.2 Å². The molecular formula is C18H14FNO3. The molecule has 1 aromatic heterocycles. The van der Waals surface area contributed by atoms with Crippen molar-refractivity contribution in [2.24, 2.45) is 0 Å². The Bertz CT molecular complexity index is 955. The fourth-order valence-electron chi connectivity index (χ4n) is 2.46. The summed E-state index contributed by atoms with van der Waals surface area (Å²) in [5.41, 5.74) is 1.79. The molecule has 0 aliphatic heterocycles. The molecule has 0 radical (unpaired) electrons. The Morgan fingerprint density at radius 3 is 2.48 bits per heavy atom. The van der Waals surface area contributed by atoms with Crippen molar-refractivity contribution >= 4 is 22.4 Å². The van der Waals surface area contributed by atoms with E-state index in [2.05, 4.69) is 5.32 Å². The average Bonchev–Trinajstić information content (AvgIpc) is 2.50. The molecule has 2 aromatic carbocycles. The van der Waals surface area contributed by atoms with E-state index in [0.717, 1.165) is 11.1 Å². The molecule has 3 rings (SSSR count). The van der Waals surface area contributed by atoms with Gasteiger partial charge in [0.15, 0.2) is 5.76 Å². The fourth-order valence-corrected chi connectivity index (χ4v) is 2.46. The number of fused-ring (bicyclic) bond motifs is 1. The van der Waals surface area contributed by atoms with Crippen molar-refractivity contribution in [1.29, 1.82) is 0 Å². The zero-order valence-electron chi connectivity index (χ0n) is 12.6. The second kappa shape index (κ2) is 5.68. The third-order valence-corrected chi connectivity index (χ3v) is 3.67. The van der Waals surface area contributed by atoms with E-state index >= 15 is 0 Å². The summed E-state index contributed by atoms with van der Waals surface area (Å²) in [4.78, 5) is 24.3. The summed E-state index contributed by atoms with van der Waals surface area (Å²) in [5, 5.41) is 3.29. The highest BCUT2D eigenvalue weighted by Crippen LogP contribution is 2.21. The number of rotatable bonds is 2. The van der Waals surface area contributed by atoms with E-state index in [1.54, 1.807) is 0 Å². The molecule has 4 nitrogen and oxygen atoms in total. The molecule has 0 aliphatic rings. The van der Waals surface area contributed by atoms with Gasteiger partial charge in [-0.3, -0.25) is 4.79 Å². The summed E-state index contributed by atoms with van der Waals surface area (Å²) in [6.45, 7) is 3.74. The third kappa shape index (κ3) is 2.85. The molecule has 0 bridgehead atoms. The second-order valence-corrected chi connectivity index (χ2v) is 5.35. The van der Waals surface area contributed by atoms with Gasteiger partial charge in [-0.15, -0.1) is 0 Å². The molecule has 116 valence electrons. The van der Waals surface area contributed by atoms with E-state index < -0.39 is 17.3 Å². The molecule has 1 heterocycles. The molecule has 1 N–H and O–H groups in total. The summed E-state index contributed by atoms with van der Waals surface area (Å²) in [6.07, 6.45) is 0. The first kappa shape index (κ1) is 15.0. The number of para-hydroxylation sites is 1. The highest BCUT2D eigenvalue weighted by molar-refractivity contribution is 6.04. The maximum absolute atomic E-state index is 13.3. The zero-order chi connectivity index (χ0) is 16.6. The molecule has 0 saturated heterocycles. The minimum atomic E-state index is -0.672. The quantitative estimate of drug-likeness (QED) is 0.783. The van der Waals surface area contributed by atoms with E-state index in [1.165, 1.54) is 24.3 Å². The van der Waals surface area contributed by atoms with Crippen molar-refractivity contribution in [1.82, 2.24) is 0 Å². The lowest BCUT2D eigenvalue weighted by atomic mass is 10.1. The predicted octanol–water partition coefficient (Wildman–Crippen LogP) is 3.80. The maximum Gasteiger partial charge on any atom is 0.344 e. The van der Waals surface area contributed by atoms with E-state index in [4.69, 9.17) is 4.42 Å². The lowest BCUT2D eigenvalue weighted by Gasteiger charge is -2.11. The molecule has 0 atom stereocenters. The number of aryl methyl sites for hydroxylation is 2. The topological polar surface area (TPSA) is 59.3 Å². The molecule has 0 saturated carbocycles. The number of carbonyl (C=O) groups is 1.